The van der Waals surface area contributed by atoms with Crippen molar-refractivity contribution in [3.05, 3.63) is 88.1 Å². The van der Waals surface area contributed by atoms with Gasteiger partial charge in [-0.3, -0.25) is 0 Å². The van der Waals surface area contributed by atoms with Gasteiger partial charge in [-0.25, -0.2) is 9.78 Å². The number of esters is 1. The molecule has 0 bridgehead atoms. The summed E-state index contributed by atoms with van der Waals surface area (Å²) >= 11 is 7.59. The maximum Gasteiger partial charge on any atom is 0.346 e. The summed E-state index contributed by atoms with van der Waals surface area (Å²) < 4.78 is 5.44. The summed E-state index contributed by atoms with van der Waals surface area (Å²) in [7, 11) is 0. The molecule has 2 aromatic carbocycles. The van der Waals surface area contributed by atoms with Gasteiger partial charge in [-0.2, -0.15) is 0 Å². The Labute approximate surface area is 162 Å². The van der Waals surface area contributed by atoms with Gasteiger partial charge in [-0.15, -0.1) is 11.8 Å². The molecule has 0 amide bonds. The third kappa shape index (κ3) is 4.45. The minimum atomic E-state index is -0.463. The quantitative estimate of drug-likeness (QED) is 0.314. The topological polar surface area (TPSA) is 39.2 Å². The average Bonchev–Trinajstić information content (AvgIpc) is 2.64. The normalized spacial score (nSPS) is 10.6. The molecule has 26 heavy (non-hydrogen) atoms. The van der Waals surface area contributed by atoms with Gasteiger partial charge in [0.05, 0.1) is 10.6 Å². The summed E-state index contributed by atoms with van der Waals surface area (Å²) in [4.78, 5) is 16.9. The largest absolute Gasteiger partial charge is 0.421 e. The second kappa shape index (κ2) is 8.39. The Morgan fingerprint density at radius 2 is 1.92 bits per heavy atom. The maximum absolute atomic E-state index is 12.6. The Balaban J connectivity index is 1.78. The lowest BCUT2D eigenvalue weighted by Gasteiger charge is -2.10. The van der Waals surface area contributed by atoms with Crippen LogP contribution in [0.5, 0.6) is 5.75 Å². The number of carbonyl (C=O) groups excluding carboxylic acids is 1. The molecular formula is C21H18ClNO2S. The molecule has 0 N–H and O–H groups in total. The predicted molar refractivity (Wildman–Crippen MR) is 106 cm³/mol. The number of aryl methyl sites for hydroxylation is 2. The Morgan fingerprint density at radius 1 is 1.12 bits per heavy atom. The average molecular weight is 384 g/mol. The number of halogens is 1. The highest BCUT2D eigenvalue weighted by atomic mass is 35.5. The van der Waals surface area contributed by atoms with Gasteiger partial charge in [0.2, 0.25) is 0 Å². The molecule has 3 rings (SSSR count). The number of pyridine rings is 1. The van der Waals surface area contributed by atoms with Crippen LogP contribution in [0.3, 0.4) is 0 Å². The molecule has 0 aliphatic rings. The van der Waals surface area contributed by atoms with Crippen molar-refractivity contribution < 1.29 is 9.53 Å². The summed E-state index contributed by atoms with van der Waals surface area (Å²) in [5.74, 6) is 0.611. The van der Waals surface area contributed by atoms with Crippen LogP contribution < -0.4 is 4.74 Å². The van der Waals surface area contributed by atoms with Crippen molar-refractivity contribution in [3.8, 4) is 5.75 Å². The highest BCUT2D eigenvalue weighted by molar-refractivity contribution is 7.98. The number of benzene rings is 2. The Bertz CT molecular complexity index is 943. The minimum Gasteiger partial charge on any atom is -0.421 e. The molecule has 0 spiro atoms. The molecule has 0 aliphatic carbocycles. The summed E-state index contributed by atoms with van der Waals surface area (Å²) in [5.41, 5.74) is 4.10. The first-order valence-electron chi connectivity index (χ1n) is 8.15. The number of thioether (sulfide) groups is 1. The second-order valence-corrected chi connectivity index (χ2v) is 7.27. The van der Waals surface area contributed by atoms with Crippen LogP contribution in [0.4, 0.5) is 0 Å². The third-order valence-corrected chi connectivity index (χ3v) is 5.27. The number of ether oxygens (including phenoxy) is 1. The van der Waals surface area contributed by atoms with Crippen LogP contribution in [0.1, 0.15) is 27.0 Å². The second-order valence-electron chi connectivity index (χ2n) is 5.89. The van der Waals surface area contributed by atoms with E-state index in [-0.39, 0.29) is 0 Å². The summed E-state index contributed by atoms with van der Waals surface area (Å²) in [6, 6.07) is 16.7. The van der Waals surface area contributed by atoms with Crippen molar-refractivity contribution in [1.82, 2.24) is 4.98 Å². The summed E-state index contributed by atoms with van der Waals surface area (Å²) in [6.45, 7) is 4.15. The molecule has 3 nitrogen and oxygen atoms in total. The van der Waals surface area contributed by atoms with Gasteiger partial charge >= 0.3 is 5.97 Å². The molecular weight excluding hydrogens is 366 g/mol. The van der Waals surface area contributed by atoms with E-state index in [4.69, 9.17) is 16.3 Å². The molecule has 1 heterocycles. The highest BCUT2D eigenvalue weighted by Gasteiger charge is 2.16. The molecule has 0 saturated carbocycles. The van der Waals surface area contributed by atoms with Crippen molar-refractivity contribution in [3.63, 3.8) is 0 Å². The molecule has 1 aromatic heterocycles. The van der Waals surface area contributed by atoms with E-state index in [0.717, 1.165) is 5.75 Å². The standard InChI is InChI=1S/C21H18ClNO2S/c1-14-9-10-15(2)16(12-14)13-26-20-17(6-5-11-23-20)21(24)25-19-8-4-3-7-18(19)22/h3-12H,13H2,1-2H3. The zero-order valence-electron chi connectivity index (χ0n) is 14.5. The zero-order chi connectivity index (χ0) is 18.5. The molecule has 0 unspecified atom stereocenters. The molecule has 0 saturated heterocycles. The Hall–Kier alpha value is -2.30. The SMILES string of the molecule is Cc1ccc(C)c(CSc2ncccc2C(=O)Oc2ccccc2Cl)c1. The number of carbonyl (C=O) groups is 1. The fraction of sp³-hybridized carbons (Fsp3) is 0.143. The van der Waals surface area contributed by atoms with Gasteiger partial charge in [0.25, 0.3) is 0 Å². The van der Waals surface area contributed by atoms with Crippen molar-refractivity contribution in [2.45, 2.75) is 24.6 Å². The van der Waals surface area contributed by atoms with Crippen LogP contribution in [-0.2, 0) is 5.75 Å². The van der Waals surface area contributed by atoms with Gasteiger partial charge in [-0.05, 0) is 49.2 Å². The molecule has 132 valence electrons. The van der Waals surface area contributed by atoms with E-state index in [1.165, 1.54) is 28.5 Å². The van der Waals surface area contributed by atoms with E-state index >= 15 is 0 Å². The number of hydrogen-bond donors (Lipinski definition) is 0. The van der Waals surface area contributed by atoms with Gasteiger partial charge in [0.1, 0.15) is 10.8 Å². The summed E-state index contributed by atoms with van der Waals surface area (Å²) in [5, 5.41) is 1.04. The first kappa shape index (κ1) is 18.5. The lowest BCUT2D eigenvalue weighted by Crippen LogP contribution is -2.11. The first-order chi connectivity index (χ1) is 12.5. The van der Waals surface area contributed by atoms with Gasteiger partial charge in [0, 0.05) is 11.9 Å². The van der Waals surface area contributed by atoms with Crippen molar-refractivity contribution in [2.75, 3.05) is 0 Å². The van der Waals surface area contributed by atoms with Crippen LogP contribution in [0.15, 0.2) is 65.8 Å². The summed E-state index contributed by atoms with van der Waals surface area (Å²) in [6.07, 6.45) is 1.68. The van der Waals surface area contributed by atoms with E-state index < -0.39 is 5.97 Å². The van der Waals surface area contributed by atoms with E-state index in [1.54, 1.807) is 42.6 Å². The molecule has 0 radical (unpaired) electrons. The molecule has 3 aromatic rings. The van der Waals surface area contributed by atoms with E-state index in [0.29, 0.717) is 21.4 Å². The first-order valence-corrected chi connectivity index (χ1v) is 9.51. The molecule has 5 heteroatoms. The van der Waals surface area contributed by atoms with Crippen molar-refractivity contribution in [1.29, 1.82) is 0 Å². The maximum atomic E-state index is 12.6. The number of aromatic nitrogens is 1. The predicted octanol–water partition coefficient (Wildman–Crippen LogP) is 5.86. The smallest absolute Gasteiger partial charge is 0.346 e. The number of para-hydroxylation sites is 1. The monoisotopic (exact) mass is 383 g/mol. The Morgan fingerprint density at radius 3 is 2.73 bits per heavy atom. The lowest BCUT2D eigenvalue weighted by molar-refractivity contribution is 0.0730. The Kier molecular flexibility index (Phi) is 5.96. The minimum absolute atomic E-state index is 0.341. The van der Waals surface area contributed by atoms with Gasteiger partial charge < -0.3 is 4.74 Å². The van der Waals surface area contributed by atoms with E-state index in [9.17, 15) is 4.79 Å². The van der Waals surface area contributed by atoms with Crippen LogP contribution in [-0.4, -0.2) is 11.0 Å². The third-order valence-electron chi connectivity index (χ3n) is 3.90. The van der Waals surface area contributed by atoms with E-state index in [2.05, 4.69) is 37.0 Å². The van der Waals surface area contributed by atoms with Crippen LogP contribution >= 0.6 is 23.4 Å². The number of hydrogen-bond acceptors (Lipinski definition) is 4. The fourth-order valence-corrected chi connectivity index (χ4v) is 3.67. The van der Waals surface area contributed by atoms with Gasteiger partial charge in [-0.1, -0.05) is 47.5 Å². The molecule has 0 aliphatic heterocycles. The van der Waals surface area contributed by atoms with Crippen molar-refractivity contribution in [2.24, 2.45) is 0 Å². The lowest BCUT2D eigenvalue weighted by atomic mass is 10.1. The van der Waals surface area contributed by atoms with Crippen LogP contribution in [0.25, 0.3) is 0 Å². The van der Waals surface area contributed by atoms with Crippen LogP contribution in [0.2, 0.25) is 5.02 Å². The fourth-order valence-electron chi connectivity index (χ4n) is 2.45. The molecule has 0 atom stereocenters. The van der Waals surface area contributed by atoms with E-state index in [1.807, 2.05) is 0 Å². The van der Waals surface area contributed by atoms with Crippen LogP contribution in [0, 0.1) is 13.8 Å². The zero-order valence-corrected chi connectivity index (χ0v) is 16.1. The number of nitrogens with zero attached hydrogens (tertiary/aromatic N) is 1. The van der Waals surface area contributed by atoms with Crippen molar-refractivity contribution >= 4 is 29.3 Å². The van der Waals surface area contributed by atoms with Gasteiger partial charge in [0.15, 0.2) is 0 Å². The number of rotatable bonds is 5. The highest BCUT2D eigenvalue weighted by Crippen LogP contribution is 2.28. The molecule has 0 fully saturated rings.